The fraction of sp³-hybridized carbons (Fsp3) is 0.304. The Morgan fingerprint density at radius 2 is 2.06 bits per heavy atom. The molecular weight excluding hydrogens is 442 g/mol. The Morgan fingerprint density at radius 3 is 2.81 bits per heavy atom. The van der Waals surface area contributed by atoms with Crippen molar-refractivity contribution in [2.24, 2.45) is 0 Å². The van der Waals surface area contributed by atoms with Crippen molar-refractivity contribution in [3.8, 4) is 10.4 Å². The van der Waals surface area contributed by atoms with Crippen LogP contribution in [-0.4, -0.2) is 50.2 Å². The lowest BCUT2D eigenvalue weighted by Gasteiger charge is -2.40. The number of aryl methyl sites for hydroxylation is 3. The van der Waals surface area contributed by atoms with E-state index in [2.05, 4.69) is 21.4 Å². The summed E-state index contributed by atoms with van der Waals surface area (Å²) in [7, 11) is 0. The van der Waals surface area contributed by atoms with E-state index < -0.39 is 0 Å². The molecule has 0 unspecified atom stereocenters. The van der Waals surface area contributed by atoms with Gasteiger partial charge in [-0.1, -0.05) is 29.8 Å². The minimum atomic E-state index is -0.169. The van der Waals surface area contributed by atoms with E-state index in [4.69, 9.17) is 0 Å². The maximum atomic E-state index is 13.3. The molecule has 4 heterocycles. The number of likely N-dealkylation sites (tertiary alicyclic amines) is 1. The van der Waals surface area contributed by atoms with Crippen LogP contribution in [0.25, 0.3) is 15.4 Å². The van der Waals surface area contributed by atoms with Crippen molar-refractivity contribution >= 4 is 39.4 Å². The largest absolute Gasteiger partial charge is 0.349 e. The van der Waals surface area contributed by atoms with Crippen LogP contribution >= 0.6 is 22.7 Å². The van der Waals surface area contributed by atoms with Crippen LogP contribution in [0.1, 0.15) is 43.7 Å². The number of imidazole rings is 1. The molecule has 9 heteroatoms. The minimum Gasteiger partial charge on any atom is -0.349 e. The normalized spacial score (nSPS) is 15.7. The summed E-state index contributed by atoms with van der Waals surface area (Å²) >= 11 is 3.04. The molecule has 0 radical (unpaired) electrons. The highest BCUT2D eigenvalue weighted by Crippen LogP contribution is 2.33. The number of nitrogens with one attached hydrogen (secondary N) is 1. The zero-order chi connectivity index (χ0) is 22.4. The topological polar surface area (TPSA) is 79.6 Å². The number of aromatic nitrogens is 3. The molecule has 2 amide bonds. The summed E-state index contributed by atoms with van der Waals surface area (Å²) in [5.74, 6) is -0.241. The molecule has 0 saturated carbocycles. The molecule has 1 aromatic carbocycles. The predicted molar refractivity (Wildman–Crippen MR) is 127 cm³/mol. The number of thiazole rings is 2. The molecule has 7 nitrogen and oxygen atoms in total. The number of carbonyl (C=O) groups is 2. The highest BCUT2D eigenvalue weighted by molar-refractivity contribution is 7.15. The van der Waals surface area contributed by atoms with E-state index in [0.29, 0.717) is 30.2 Å². The van der Waals surface area contributed by atoms with Crippen molar-refractivity contribution in [3.05, 3.63) is 63.5 Å². The summed E-state index contributed by atoms with van der Waals surface area (Å²) in [6, 6.07) is 8.10. The highest BCUT2D eigenvalue weighted by Gasteiger charge is 2.35. The van der Waals surface area contributed by atoms with Gasteiger partial charge >= 0.3 is 0 Å². The first-order valence-corrected chi connectivity index (χ1v) is 12.2. The molecule has 1 N–H and O–H groups in total. The van der Waals surface area contributed by atoms with E-state index in [0.717, 1.165) is 32.4 Å². The van der Waals surface area contributed by atoms with Gasteiger partial charge in [0.2, 0.25) is 0 Å². The van der Waals surface area contributed by atoms with E-state index in [1.807, 2.05) is 59.8 Å². The molecule has 164 valence electrons. The summed E-state index contributed by atoms with van der Waals surface area (Å²) in [6.45, 7) is 6.88. The molecule has 0 aliphatic carbocycles. The molecule has 1 aliphatic heterocycles. The number of amides is 2. The molecule has 1 aliphatic rings. The molecule has 1 atom stereocenters. The zero-order valence-electron chi connectivity index (χ0n) is 18.1. The van der Waals surface area contributed by atoms with Gasteiger partial charge in [-0.3, -0.25) is 14.0 Å². The Bertz CT molecular complexity index is 1340. The monoisotopic (exact) mass is 465 g/mol. The van der Waals surface area contributed by atoms with Gasteiger partial charge in [-0.15, -0.1) is 22.7 Å². The first-order chi connectivity index (χ1) is 15.4. The average Bonchev–Trinajstić information content (AvgIpc) is 3.41. The molecule has 32 heavy (non-hydrogen) atoms. The van der Waals surface area contributed by atoms with Gasteiger partial charge in [0.25, 0.3) is 11.8 Å². The molecule has 1 saturated heterocycles. The second-order valence-corrected chi connectivity index (χ2v) is 10.1. The van der Waals surface area contributed by atoms with Gasteiger partial charge in [-0.05, 0) is 32.8 Å². The molecule has 5 rings (SSSR count). The van der Waals surface area contributed by atoms with Crippen molar-refractivity contribution in [1.82, 2.24) is 24.6 Å². The lowest BCUT2D eigenvalue weighted by atomic mass is 10.0. The number of rotatable bonds is 5. The van der Waals surface area contributed by atoms with Crippen LogP contribution in [0.15, 0.2) is 35.8 Å². The van der Waals surface area contributed by atoms with Crippen LogP contribution in [0.4, 0.5) is 0 Å². The van der Waals surface area contributed by atoms with Crippen molar-refractivity contribution in [2.75, 3.05) is 13.1 Å². The number of benzene rings is 1. The summed E-state index contributed by atoms with van der Waals surface area (Å²) < 4.78 is 1.81. The summed E-state index contributed by atoms with van der Waals surface area (Å²) in [5.41, 5.74) is 3.92. The maximum absolute atomic E-state index is 13.3. The average molecular weight is 466 g/mol. The van der Waals surface area contributed by atoms with E-state index in [1.54, 1.807) is 11.3 Å². The molecule has 4 aromatic rings. The Labute approximate surface area is 193 Å². The fourth-order valence-corrected chi connectivity index (χ4v) is 5.74. The second-order valence-electron chi connectivity index (χ2n) is 8.03. The number of fused-ring (bicyclic) bond motifs is 1. The van der Waals surface area contributed by atoms with Crippen LogP contribution < -0.4 is 5.32 Å². The van der Waals surface area contributed by atoms with Crippen molar-refractivity contribution in [1.29, 1.82) is 0 Å². The maximum Gasteiger partial charge on any atom is 0.274 e. The summed E-state index contributed by atoms with van der Waals surface area (Å²) in [5, 5.41) is 5.77. The smallest absolute Gasteiger partial charge is 0.274 e. The predicted octanol–water partition coefficient (Wildman–Crippen LogP) is 4.09. The molecule has 0 spiro atoms. The number of hydrogen-bond donors (Lipinski definition) is 1. The van der Waals surface area contributed by atoms with Gasteiger partial charge in [0.15, 0.2) is 4.96 Å². The fourth-order valence-electron chi connectivity index (χ4n) is 4.07. The standard InChI is InChI=1S/C23H23N5O2S2/c1-13-5-4-6-16(11-13)20-18(26-15(3)32-20)22(30)27-8-7-17(27)12-24-21(29)19-14(2)25-23-28(19)9-10-31-23/h4-6,9-11,17H,7-8,12H2,1-3H3,(H,24,29)/t17-/m0/s1. The number of hydrogen-bond acceptors (Lipinski definition) is 6. The van der Waals surface area contributed by atoms with Gasteiger partial charge in [0.05, 0.1) is 21.6 Å². The van der Waals surface area contributed by atoms with Crippen molar-refractivity contribution in [3.63, 3.8) is 0 Å². The van der Waals surface area contributed by atoms with Gasteiger partial charge in [0.1, 0.15) is 11.4 Å². The lowest BCUT2D eigenvalue weighted by molar-refractivity contribution is 0.0451. The zero-order valence-corrected chi connectivity index (χ0v) is 19.7. The second kappa shape index (κ2) is 8.14. The molecule has 3 aromatic heterocycles. The van der Waals surface area contributed by atoms with E-state index in [1.165, 1.54) is 11.3 Å². The molecule has 1 fully saturated rings. The Hall–Kier alpha value is -3.04. The van der Waals surface area contributed by atoms with Gasteiger partial charge in [-0.25, -0.2) is 9.97 Å². The van der Waals surface area contributed by atoms with E-state index in [9.17, 15) is 9.59 Å². The molecular formula is C23H23N5O2S2. The first kappa shape index (κ1) is 20.8. The van der Waals surface area contributed by atoms with E-state index >= 15 is 0 Å². The lowest BCUT2D eigenvalue weighted by Crippen LogP contribution is -2.56. The molecule has 0 bridgehead atoms. The third-order valence-electron chi connectivity index (χ3n) is 5.77. The number of nitrogens with zero attached hydrogens (tertiary/aromatic N) is 4. The number of carbonyl (C=O) groups excluding carboxylic acids is 2. The highest BCUT2D eigenvalue weighted by atomic mass is 32.1. The van der Waals surface area contributed by atoms with Gasteiger partial charge in [-0.2, -0.15) is 0 Å². The minimum absolute atomic E-state index is 0.0370. The van der Waals surface area contributed by atoms with Crippen LogP contribution in [0.3, 0.4) is 0 Å². The van der Waals surface area contributed by atoms with Crippen molar-refractivity contribution in [2.45, 2.75) is 33.2 Å². The summed E-state index contributed by atoms with van der Waals surface area (Å²) in [4.78, 5) is 38.7. The van der Waals surface area contributed by atoms with Gasteiger partial charge < -0.3 is 10.2 Å². The van der Waals surface area contributed by atoms with E-state index in [-0.39, 0.29) is 17.9 Å². The van der Waals surface area contributed by atoms with Gasteiger partial charge in [0, 0.05) is 24.7 Å². The quantitative estimate of drug-likeness (QED) is 0.482. The van der Waals surface area contributed by atoms with Crippen molar-refractivity contribution < 1.29 is 9.59 Å². The van der Waals surface area contributed by atoms with Crippen LogP contribution in [0.2, 0.25) is 0 Å². The first-order valence-electron chi connectivity index (χ1n) is 10.5. The van der Waals surface area contributed by atoms with Crippen LogP contribution in [-0.2, 0) is 0 Å². The third-order valence-corrected chi connectivity index (χ3v) is 7.55. The Balaban J connectivity index is 1.31. The summed E-state index contributed by atoms with van der Waals surface area (Å²) in [6.07, 6.45) is 2.71. The van der Waals surface area contributed by atoms with Crippen LogP contribution in [0.5, 0.6) is 0 Å². The SMILES string of the molecule is Cc1cccc(-c2sc(C)nc2C(=O)N2CC[C@H]2CNC(=O)c2c(C)nc3sccn23)c1. The Kier molecular flexibility index (Phi) is 5.30. The third kappa shape index (κ3) is 3.61. The van der Waals surface area contributed by atoms with Crippen LogP contribution in [0, 0.1) is 20.8 Å². The Morgan fingerprint density at radius 1 is 1.22 bits per heavy atom.